The van der Waals surface area contributed by atoms with Crippen LogP contribution in [0.2, 0.25) is 0 Å². The maximum Gasteiger partial charge on any atom is 0.323 e. The van der Waals surface area contributed by atoms with Gasteiger partial charge in [-0.25, -0.2) is 0 Å². The number of carbonyl (C=O) groups excluding carboxylic acids is 1. The summed E-state index contributed by atoms with van der Waals surface area (Å²) in [6.07, 6.45) is 0.774. The van der Waals surface area contributed by atoms with E-state index in [0.717, 1.165) is 13.1 Å². The van der Waals surface area contributed by atoms with E-state index in [1.165, 1.54) is 5.56 Å². The van der Waals surface area contributed by atoms with Crippen LogP contribution in [0.1, 0.15) is 25.3 Å². The highest BCUT2D eigenvalue weighted by Crippen LogP contribution is 2.21. The molecule has 0 spiro atoms. The van der Waals surface area contributed by atoms with E-state index in [0.29, 0.717) is 19.4 Å². The average Bonchev–Trinajstić information content (AvgIpc) is 2.42. The molecule has 19 heavy (non-hydrogen) atoms. The molecule has 1 aliphatic rings. The first kappa shape index (κ1) is 14.0. The van der Waals surface area contributed by atoms with Gasteiger partial charge in [-0.1, -0.05) is 30.3 Å². The number of likely N-dealkylation sites (tertiary alicyclic amines) is 1. The fourth-order valence-electron chi connectivity index (χ4n) is 2.49. The second kappa shape index (κ2) is 6.68. The topological polar surface area (TPSA) is 49.8 Å². The number of esters is 1. The molecule has 2 atom stereocenters. The molecule has 1 aliphatic heterocycles. The van der Waals surface area contributed by atoms with Crippen LogP contribution in [0, 0.1) is 0 Å². The molecule has 1 N–H and O–H groups in total. The Balaban J connectivity index is 2.05. The van der Waals surface area contributed by atoms with Gasteiger partial charge in [0.15, 0.2) is 0 Å². The van der Waals surface area contributed by atoms with E-state index in [2.05, 4.69) is 4.90 Å². The number of piperidine rings is 1. The first-order valence-corrected chi connectivity index (χ1v) is 6.83. The molecule has 1 aromatic carbocycles. The molecule has 1 saturated heterocycles. The predicted molar refractivity (Wildman–Crippen MR) is 72.5 cm³/mol. The van der Waals surface area contributed by atoms with Crippen LogP contribution in [0.5, 0.6) is 0 Å². The Morgan fingerprint density at radius 1 is 1.42 bits per heavy atom. The number of hydrogen-bond acceptors (Lipinski definition) is 4. The standard InChI is InChI=1S/C15H21NO3/c1-2-19-15(18)14-10-13(17)8-9-16(14)11-12-6-4-3-5-7-12/h3-7,13-14,17H,2,8-11H2,1H3/t13-,14+/m0/s1. The van der Waals surface area contributed by atoms with E-state index in [4.69, 9.17) is 4.74 Å². The van der Waals surface area contributed by atoms with E-state index in [9.17, 15) is 9.90 Å². The molecule has 0 amide bonds. The van der Waals surface area contributed by atoms with Gasteiger partial charge in [0.2, 0.25) is 0 Å². The predicted octanol–water partition coefficient (Wildman–Crippen LogP) is 1.57. The number of benzene rings is 1. The van der Waals surface area contributed by atoms with Crippen LogP contribution < -0.4 is 0 Å². The number of aliphatic hydroxyl groups is 1. The summed E-state index contributed by atoms with van der Waals surface area (Å²) in [4.78, 5) is 14.1. The third-order valence-corrected chi connectivity index (χ3v) is 3.47. The van der Waals surface area contributed by atoms with Gasteiger partial charge in [-0.3, -0.25) is 9.69 Å². The fourth-order valence-corrected chi connectivity index (χ4v) is 2.49. The van der Waals surface area contributed by atoms with Crippen molar-refractivity contribution in [1.29, 1.82) is 0 Å². The highest BCUT2D eigenvalue weighted by molar-refractivity contribution is 5.76. The Kier molecular flexibility index (Phi) is 4.93. The molecule has 0 aromatic heterocycles. The number of rotatable bonds is 4. The van der Waals surface area contributed by atoms with Crippen LogP contribution in [-0.4, -0.2) is 41.3 Å². The lowest BCUT2D eigenvalue weighted by molar-refractivity contribution is -0.153. The summed E-state index contributed by atoms with van der Waals surface area (Å²) in [6.45, 7) is 3.62. The first-order valence-electron chi connectivity index (χ1n) is 6.83. The Morgan fingerprint density at radius 2 is 2.16 bits per heavy atom. The Labute approximate surface area is 114 Å². The van der Waals surface area contributed by atoms with Crippen LogP contribution in [0.15, 0.2) is 30.3 Å². The molecule has 4 nitrogen and oxygen atoms in total. The van der Waals surface area contributed by atoms with E-state index in [-0.39, 0.29) is 12.0 Å². The molecule has 0 saturated carbocycles. The summed E-state index contributed by atoms with van der Waals surface area (Å²) < 4.78 is 5.11. The zero-order valence-electron chi connectivity index (χ0n) is 11.3. The van der Waals surface area contributed by atoms with Gasteiger partial charge in [0, 0.05) is 13.1 Å². The van der Waals surface area contributed by atoms with E-state index >= 15 is 0 Å². The molecule has 2 rings (SSSR count). The fraction of sp³-hybridized carbons (Fsp3) is 0.533. The largest absolute Gasteiger partial charge is 0.465 e. The molecular weight excluding hydrogens is 242 g/mol. The summed E-state index contributed by atoms with van der Waals surface area (Å²) in [5, 5.41) is 9.75. The van der Waals surface area contributed by atoms with Crippen molar-refractivity contribution < 1.29 is 14.6 Å². The lowest BCUT2D eigenvalue weighted by Gasteiger charge is -2.36. The number of carbonyl (C=O) groups is 1. The molecule has 1 aromatic rings. The Morgan fingerprint density at radius 3 is 2.84 bits per heavy atom. The van der Waals surface area contributed by atoms with Crippen LogP contribution in [0.4, 0.5) is 0 Å². The maximum atomic E-state index is 12.0. The van der Waals surface area contributed by atoms with Crippen LogP contribution in [-0.2, 0) is 16.1 Å². The smallest absolute Gasteiger partial charge is 0.323 e. The van der Waals surface area contributed by atoms with Gasteiger partial charge in [-0.15, -0.1) is 0 Å². The Hall–Kier alpha value is -1.39. The average molecular weight is 263 g/mol. The van der Waals surface area contributed by atoms with Crippen LogP contribution >= 0.6 is 0 Å². The summed E-state index contributed by atoms with van der Waals surface area (Å²) in [7, 11) is 0. The minimum Gasteiger partial charge on any atom is -0.465 e. The van der Waals surface area contributed by atoms with Crippen molar-refractivity contribution in [2.45, 2.75) is 38.5 Å². The second-order valence-electron chi connectivity index (χ2n) is 4.90. The molecule has 0 aliphatic carbocycles. The number of nitrogens with zero attached hydrogens (tertiary/aromatic N) is 1. The molecule has 0 bridgehead atoms. The van der Waals surface area contributed by atoms with Crippen LogP contribution in [0.3, 0.4) is 0 Å². The lowest BCUT2D eigenvalue weighted by atomic mass is 9.98. The second-order valence-corrected chi connectivity index (χ2v) is 4.90. The monoisotopic (exact) mass is 263 g/mol. The number of hydrogen-bond donors (Lipinski definition) is 1. The highest BCUT2D eigenvalue weighted by Gasteiger charge is 2.33. The van der Waals surface area contributed by atoms with Crippen molar-refractivity contribution in [3.8, 4) is 0 Å². The van der Waals surface area contributed by atoms with Gasteiger partial charge in [-0.2, -0.15) is 0 Å². The van der Waals surface area contributed by atoms with E-state index in [1.807, 2.05) is 30.3 Å². The zero-order valence-corrected chi connectivity index (χ0v) is 11.3. The van der Waals surface area contributed by atoms with Crippen molar-refractivity contribution in [2.24, 2.45) is 0 Å². The summed E-state index contributed by atoms with van der Waals surface area (Å²) >= 11 is 0. The van der Waals surface area contributed by atoms with Gasteiger partial charge in [0.05, 0.1) is 12.7 Å². The molecule has 4 heteroatoms. The van der Waals surface area contributed by atoms with Gasteiger partial charge in [0.25, 0.3) is 0 Å². The molecule has 0 unspecified atom stereocenters. The molecule has 0 radical (unpaired) electrons. The SMILES string of the molecule is CCOC(=O)[C@H]1C[C@@H](O)CCN1Cc1ccccc1. The highest BCUT2D eigenvalue weighted by atomic mass is 16.5. The van der Waals surface area contributed by atoms with Crippen molar-refractivity contribution in [3.63, 3.8) is 0 Å². The normalized spacial score (nSPS) is 24.1. The molecule has 1 heterocycles. The summed E-state index contributed by atoms with van der Waals surface area (Å²) in [6, 6.07) is 9.73. The maximum absolute atomic E-state index is 12.0. The minimum absolute atomic E-state index is 0.225. The van der Waals surface area contributed by atoms with Crippen molar-refractivity contribution in [1.82, 2.24) is 4.90 Å². The quantitative estimate of drug-likeness (QED) is 0.838. The third-order valence-electron chi connectivity index (χ3n) is 3.47. The molecule has 1 fully saturated rings. The zero-order chi connectivity index (χ0) is 13.7. The van der Waals surface area contributed by atoms with Gasteiger partial charge >= 0.3 is 5.97 Å². The lowest BCUT2D eigenvalue weighted by Crippen LogP contribution is -2.48. The summed E-state index contributed by atoms with van der Waals surface area (Å²) in [5.41, 5.74) is 1.17. The van der Waals surface area contributed by atoms with Gasteiger partial charge in [0.1, 0.15) is 6.04 Å². The molecular formula is C15H21NO3. The van der Waals surface area contributed by atoms with E-state index < -0.39 is 6.10 Å². The van der Waals surface area contributed by atoms with Gasteiger partial charge in [-0.05, 0) is 25.3 Å². The Bertz CT molecular complexity index is 407. The number of ether oxygens (including phenoxy) is 1. The van der Waals surface area contributed by atoms with Crippen molar-refractivity contribution in [3.05, 3.63) is 35.9 Å². The third kappa shape index (κ3) is 3.78. The summed E-state index contributed by atoms with van der Waals surface area (Å²) in [5.74, 6) is -0.225. The first-order chi connectivity index (χ1) is 9.20. The van der Waals surface area contributed by atoms with E-state index in [1.54, 1.807) is 6.92 Å². The number of aliphatic hydroxyl groups excluding tert-OH is 1. The minimum atomic E-state index is -0.401. The molecule has 104 valence electrons. The van der Waals surface area contributed by atoms with Crippen molar-refractivity contribution >= 4 is 5.97 Å². The van der Waals surface area contributed by atoms with Gasteiger partial charge < -0.3 is 9.84 Å². The van der Waals surface area contributed by atoms with Crippen LogP contribution in [0.25, 0.3) is 0 Å². The van der Waals surface area contributed by atoms with Crippen molar-refractivity contribution in [2.75, 3.05) is 13.2 Å².